The molecule has 1 aromatic carbocycles. The van der Waals surface area contributed by atoms with E-state index in [9.17, 15) is 8.42 Å². The third kappa shape index (κ3) is 3.65. The first kappa shape index (κ1) is 16.5. The number of benzene rings is 1. The Morgan fingerprint density at radius 2 is 1.90 bits per heavy atom. The fraction of sp³-hybridized carbons (Fsp3) is 0.625. The number of aryl methyl sites for hydroxylation is 2. The molecule has 2 rings (SSSR count). The molecule has 0 heterocycles. The second kappa shape index (κ2) is 6.07. The third-order valence-electron chi connectivity index (χ3n) is 4.61. The van der Waals surface area contributed by atoms with Crippen molar-refractivity contribution in [2.45, 2.75) is 56.9 Å². The summed E-state index contributed by atoms with van der Waals surface area (Å²) in [6.45, 7) is 6.29. The van der Waals surface area contributed by atoms with Crippen molar-refractivity contribution in [2.24, 2.45) is 11.7 Å². The van der Waals surface area contributed by atoms with Gasteiger partial charge >= 0.3 is 0 Å². The maximum absolute atomic E-state index is 12.8. The van der Waals surface area contributed by atoms with Gasteiger partial charge in [0.15, 0.2) is 0 Å². The van der Waals surface area contributed by atoms with Gasteiger partial charge in [0, 0.05) is 12.1 Å². The number of sulfonamides is 1. The standard InChI is InChI=1S/C16H26N2O2S/c1-12-6-8-16(11-17,9-7-12)18-21(19,20)15-10-13(2)4-5-14(15)3/h4-5,10,12,18H,6-9,11,17H2,1-3H3. The molecule has 0 aliphatic heterocycles. The summed E-state index contributed by atoms with van der Waals surface area (Å²) < 4.78 is 28.4. The minimum absolute atomic E-state index is 0.351. The maximum atomic E-state index is 12.8. The Morgan fingerprint density at radius 3 is 2.48 bits per heavy atom. The Morgan fingerprint density at radius 1 is 1.29 bits per heavy atom. The molecule has 3 N–H and O–H groups in total. The minimum atomic E-state index is -3.53. The zero-order valence-electron chi connectivity index (χ0n) is 13.1. The summed E-state index contributed by atoms with van der Waals surface area (Å²) in [5.74, 6) is 0.648. The quantitative estimate of drug-likeness (QED) is 0.897. The van der Waals surface area contributed by atoms with E-state index in [1.54, 1.807) is 6.07 Å². The van der Waals surface area contributed by atoms with Crippen LogP contribution in [0.4, 0.5) is 0 Å². The van der Waals surface area contributed by atoms with Gasteiger partial charge in [-0.3, -0.25) is 0 Å². The number of nitrogens with two attached hydrogens (primary N) is 1. The number of rotatable bonds is 4. The molecule has 1 fully saturated rings. The van der Waals surface area contributed by atoms with Crippen LogP contribution >= 0.6 is 0 Å². The predicted octanol–water partition coefficient (Wildman–Crippen LogP) is 2.49. The van der Waals surface area contributed by atoms with Gasteiger partial charge in [0.25, 0.3) is 0 Å². The zero-order valence-corrected chi connectivity index (χ0v) is 14.0. The zero-order chi connectivity index (χ0) is 15.7. The van der Waals surface area contributed by atoms with E-state index in [1.165, 1.54) is 0 Å². The van der Waals surface area contributed by atoms with Crippen molar-refractivity contribution in [1.29, 1.82) is 0 Å². The van der Waals surface area contributed by atoms with Crippen molar-refractivity contribution in [3.63, 3.8) is 0 Å². The average molecular weight is 310 g/mol. The van der Waals surface area contributed by atoms with Crippen molar-refractivity contribution < 1.29 is 8.42 Å². The summed E-state index contributed by atoms with van der Waals surface area (Å²) in [6, 6.07) is 5.50. The average Bonchev–Trinajstić information content (AvgIpc) is 2.44. The van der Waals surface area contributed by atoms with E-state index in [4.69, 9.17) is 5.73 Å². The first-order valence-electron chi connectivity index (χ1n) is 7.59. The summed E-state index contributed by atoms with van der Waals surface area (Å²) in [6.07, 6.45) is 3.67. The van der Waals surface area contributed by atoms with Crippen molar-refractivity contribution in [3.05, 3.63) is 29.3 Å². The van der Waals surface area contributed by atoms with Gasteiger partial charge in [-0.05, 0) is 62.6 Å². The Kier molecular flexibility index (Phi) is 4.76. The van der Waals surface area contributed by atoms with E-state index in [2.05, 4.69) is 11.6 Å². The van der Waals surface area contributed by atoms with Gasteiger partial charge in [-0.1, -0.05) is 19.1 Å². The molecular weight excluding hydrogens is 284 g/mol. The van der Waals surface area contributed by atoms with E-state index in [-0.39, 0.29) is 0 Å². The van der Waals surface area contributed by atoms with Gasteiger partial charge in [-0.2, -0.15) is 0 Å². The molecule has 0 atom stereocenters. The van der Waals surface area contributed by atoms with E-state index in [0.29, 0.717) is 17.4 Å². The van der Waals surface area contributed by atoms with Crippen LogP contribution in [0.25, 0.3) is 0 Å². The molecule has 1 aromatic rings. The Bertz CT molecular complexity index is 603. The molecule has 0 radical (unpaired) electrons. The summed E-state index contributed by atoms with van der Waals surface area (Å²) >= 11 is 0. The lowest BCUT2D eigenvalue weighted by molar-refractivity contribution is 0.231. The summed E-state index contributed by atoms with van der Waals surface area (Å²) in [5, 5.41) is 0. The van der Waals surface area contributed by atoms with Gasteiger partial charge in [-0.15, -0.1) is 0 Å². The van der Waals surface area contributed by atoms with Gasteiger partial charge < -0.3 is 5.73 Å². The highest BCUT2D eigenvalue weighted by Gasteiger charge is 2.37. The van der Waals surface area contributed by atoms with Crippen LogP contribution in [0.3, 0.4) is 0 Å². The lowest BCUT2D eigenvalue weighted by Crippen LogP contribution is -2.55. The molecular formula is C16H26N2O2S. The van der Waals surface area contributed by atoms with Crippen LogP contribution in [0.15, 0.2) is 23.1 Å². The molecule has 0 saturated heterocycles. The summed E-state index contributed by atoms with van der Waals surface area (Å²) in [5.41, 5.74) is 7.14. The van der Waals surface area contributed by atoms with Gasteiger partial charge in [0.05, 0.1) is 4.90 Å². The summed E-state index contributed by atoms with van der Waals surface area (Å²) in [4.78, 5) is 0.369. The van der Waals surface area contributed by atoms with Gasteiger partial charge in [-0.25, -0.2) is 13.1 Å². The second-order valence-corrected chi connectivity index (χ2v) is 8.19. The van der Waals surface area contributed by atoms with Crippen LogP contribution in [-0.4, -0.2) is 20.5 Å². The normalized spacial score (nSPS) is 26.8. The first-order valence-corrected chi connectivity index (χ1v) is 9.08. The molecule has 21 heavy (non-hydrogen) atoms. The van der Waals surface area contributed by atoms with Crippen molar-refractivity contribution in [2.75, 3.05) is 6.54 Å². The summed E-state index contributed by atoms with van der Waals surface area (Å²) in [7, 11) is -3.53. The van der Waals surface area contributed by atoms with E-state index < -0.39 is 15.6 Å². The number of hydrogen-bond acceptors (Lipinski definition) is 3. The molecule has 1 saturated carbocycles. The molecule has 0 bridgehead atoms. The third-order valence-corrected chi connectivity index (χ3v) is 6.33. The highest BCUT2D eigenvalue weighted by molar-refractivity contribution is 7.89. The Hall–Kier alpha value is -0.910. The number of nitrogens with one attached hydrogen (secondary N) is 1. The minimum Gasteiger partial charge on any atom is -0.329 e. The van der Waals surface area contributed by atoms with Crippen LogP contribution in [0.5, 0.6) is 0 Å². The smallest absolute Gasteiger partial charge is 0.241 e. The monoisotopic (exact) mass is 310 g/mol. The molecule has 0 amide bonds. The van der Waals surface area contributed by atoms with Crippen LogP contribution in [0.1, 0.15) is 43.7 Å². The molecule has 1 aliphatic rings. The van der Waals surface area contributed by atoms with Crippen LogP contribution in [-0.2, 0) is 10.0 Å². The highest BCUT2D eigenvalue weighted by atomic mass is 32.2. The van der Waals surface area contributed by atoms with Crippen molar-refractivity contribution in [1.82, 2.24) is 4.72 Å². The van der Waals surface area contributed by atoms with Crippen LogP contribution in [0.2, 0.25) is 0 Å². The lowest BCUT2D eigenvalue weighted by atomic mass is 9.78. The lowest BCUT2D eigenvalue weighted by Gasteiger charge is -2.39. The molecule has 1 aliphatic carbocycles. The Balaban J connectivity index is 2.29. The SMILES string of the molecule is Cc1ccc(C)c(S(=O)(=O)NC2(CN)CCC(C)CC2)c1. The van der Waals surface area contributed by atoms with E-state index in [0.717, 1.165) is 36.8 Å². The fourth-order valence-electron chi connectivity index (χ4n) is 3.00. The van der Waals surface area contributed by atoms with E-state index >= 15 is 0 Å². The second-order valence-electron chi connectivity index (χ2n) is 6.54. The molecule has 4 nitrogen and oxygen atoms in total. The van der Waals surface area contributed by atoms with Gasteiger partial charge in [0.2, 0.25) is 10.0 Å². The number of hydrogen-bond donors (Lipinski definition) is 2. The van der Waals surface area contributed by atoms with E-state index in [1.807, 2.05) is 26.0 Å². The van der Waals surface area contributed by atoms with Crippen LogP contribution < -0.4 is 10.5 Å². The molecule has 0 spiro atoms. The molecule has 118 valence electrons. The van der Waals surface area contributed by atoms with Crippen molar-refractivity contribution in [3.8, 4) is 0 Å². The Labute approximate surface area is 128 Å². The molecule has 5 heteroatoms. The van der Waals surface area contributed by atoms with Gasteiger partial charge in [0.1, 0.15) is 0 Å². The van der Waals surface area contributed by atoms with Crippen LogP contribution in [0, 0.1) is 19.8 Å². The maximum Gasteiger partial charge on any atom is 0.241 e. The molecule has 0 unspecified atom stereocenters. The fourth-order valence-corrected chi connectivity index (χ4v) is 4.80. The largest absolute Gasteiger partial charge is 0.329 e. The molecule has 0 aromatic heterocycles. The predicted molar refractivity (Wildman–Crippen MR) is 85.7 cm³/mol. The first-order chi connectivity index (χ1) is 9.78. The topological polar surface area (TPSA) is 72.2 Å². The van der Waals surface area contributed by atoms with Crippen molar-refractivity contribution >= 4 is 10.0 Å². The highest BCUT2D eigenvalue weighted by Crippen LogP contribution is 2.32.